The van der Waals surface area contributed by atoms with E-state index in [-0.39, 0.29) is 29.8 Å². The number of nitrogens with zero attached hydrogens (tertiary/aromatic N) is 6. The van der Waals surface area contributed by atoms with Gasteiger partial charge in [0, 0.05) is 50.6 Å². The Balaban J connectivity index is 0.00000256. The highest BCUT2D eigenvalue weighted by atomic mass is 127. The number of aliphatic imine (C=N–C) groups is 1. The second-order valence-electron chi connectivity index (χ2n) is 7.62. The Kier molecular flexibility index (Phi) is 7.68. The first-order valence-electron chi connectivity index (χ1n) is 10.2. The van der Waals surface area contributed by atoms with E-state index in [2.05, 4.69) is 29.7 Å². The van der Waals surface area contributed by atoms with Crippen molar-refractivity contribution in [2.24, 2.45) is 10.7 Å². The lowest BCUT2D eigenvalue weighted by Crippen LogP contribution is -2.51. The topological polar surface area (TPSA) is 73.9 Å². The Morgan fingerprint density at radius 3 is 2.33 bits per heavy atom. The molecule has 2 aliphatic heterocycles. The van der Waals surface area contributed by atoms with Gasteiger partial charge in [0.25, 0.3) is 0 Å². The molecule has 0 saturated carbocycles. The van der Waals surface area contributed by atoms with Gasteiger partial charge in [0.15, 0.2) is 5.96 Å². The molecule has 0 bridgehead atoms. The third kappa shape index (κ3) is 5.50. The number of benzene rings is 1. The number of hydrogen-bond acceptors (Lipinski definition) is 5. The normalized spacial score (nSPS) is 17.3. The van der Waals surface area contributed by atoms with Crippen molar-refractivity contribution in [2.45, 2.75) is 26.3 Å². The van der Waals surface area contributed by atoms with E-state index in [4.69, 9.17) is 5.73 Å². The highest BCUT2D eigenvalue weighted by molar-refractivity contribution is 14.0. The summed E-state index contributed by atoms with van der Waals surface area (Å²) in [4.78, 5) is 20.4. The van der Waals surface area contributed by atoms with Crippen LogP contribution in [0.5, 0.6) is 0 Å². The van der Waals surface area contributed by atoms with Crippen LogP contribution < -0.4 is 15.5 Å². The zero-order valence-electron chi connectivity index (χ0n) is 17.3. The summed E-state index contributed by atoms with van der Waals surface area (Å²) >= 11 is 0. The second kappa shape index (κ2) is 10.2. The molecule has 1 aromatic carbocycles. The van der Waals surface area contributed by atoms with Crippen molar-refractivity contribution in [3.8, 4) is 0 Å². The van der Waals surface area contributed by atoms with Crippen LogP contribution in [-0.4, -0.2) is 60.1 Å². The molecule has 2 fully saturated rings. The first kappa shape index (κ1) is 22.5. The van der Waals surface area contributed by atoms with Gasteiger partial charge in [-0.2, -0.15) is 0 Å². The summed E-state index contributed by atoms with van der Waals surface area (Å²) in [6.45, 7) is 7.71. The Morgan fingerprint density at radius 2 is 1.67 bits per heavy atom. The number of rotatable bonds is 4. The van der Waals surface area contributed by atoms with Gasteiger partial charge in [-0.05, 0) is 50.1 Å². The van der Waals surface area contributed by atoms with E-state index in [1.807, 2.05) is 25.1 Å². The number of aromatic nitrogens is 2. The van der Waals surface area contributed by atoms with Crippen LogP contribution in [0, 0.1) is 12.7 Å². The molecule has 0 atom stereocenters. The fourth-order valence-corrected chi connectivity index (χ4v) is 3.86. The number of anilines is 2. The fraction of sp³-hybridized carbons (Fsp3) is 0.476. The van der Waals surface area contributed by atoms with Crippen molar-refractivity contribution >= 4 is 41.6 Å². The minimum absolute atomic E-state index is 0. The summed E-state index contributed by atoms with van der Waals surface area (Å²) in [5, 5.41) is 0. The van der Waals surface area contributed by atoms with Crippen LogP contribution in [0.4, 0.5) is 16.0 Å². The van der Waals surface area contributed by atoms with E-state index in [0.717, 1.165) is 62.3 Å². The molecule has 30 heavy (non-hydrogen) atoms. The van der Waals surface area contributed by atoms with E-state index in [1.54, 1.807) is 0 Å². The quantitative estimate of drug-likeness (QED) is 0.376. The molecule has 2 saturated heterocycles. The molecule has 2 aliphatic rings. The smallest absolute Gasteiger partial charge is 0.225 e. The van der Waals surface area contributed by atoms with Gasteiger partial charge in [0.1, 0.15) is 5.82 Å². The third-order valence-electron chi connectivity index (χ3n) is 5.48. The molecule has 4 rings (SSSR count). The largest absolute Gasteiger partial charge is 0.370 e. The van der Waals surface area contributed by atoms with Gasteiger partial charge >= 0.3 is 0 Å². The van der Waals surface area contributed by atoms with Crippen molar-refractivity contribution in [2.75, 3.05) is 49.1 Å². The molecular weight excluding hydrogens is 496 g/mol. The Hall–Kier alpha value is -2.17. The number of nitrogens with two attached hydrogens (primary N) is 1. The maximum absolute atomic E-state index is 13.1. The monoisotopic (exact) mass is 525 g/mol. The molecule has 0 aliphatic carbocycles. The standard InChI is InChI=1S/C21H28FN7.HI/c1-16-14-18(26-21(25-16)29-8-2-3-9-29)15-24-20(23)28-12-10-27(11-13-28)19-6-4-17(22)5-7-19;/h4-7,14H,2-3,8-13,15H2,1H3,(H2,23,24);1H. The van der Waals surface area contributed by atoms with Crippen LogP contribution >= 0.6 is 24.0 Å². The summed E-state index contributed by atoms with van der Waals surface area (Å²) in [6.07, 6.45) is 2.39. The summed E-state index contributed by atoms with van der Waals surface area (Å²) in [5.41, 5.74) is 9.14. The Morgan fingerprint density at radius 1 is 1.00 bits per heavy atom. The van der Waals surface area contributed by atoms with Gasteiger partial charge in [-0.1, -0.05) is 0 Å². The summed E-state index contributed by atoms with van der Waals surface area (Å²) < 4.78 is 13.1. The average Bonchev–Trinajstić information content (AvgIpc) is 3.27. The van der Waals surface area contributed by atoms with Gasteiger partial charge in [-0.3, -0.25) is 0 Å². The van der Waals surface area contributed by atoms with Crippen molar-refractivity contribution in [3.63, 3.8) is 0 Å². The molecular formula is C21H29FIN7. The molecule has 2 aromatic rings. The SMILES string of the molecule is Cc1cc(CN=C(N)N2CCN(c3ccc(F)cc3)CC2)nc(N2CCCC2)n1.I. The molecule has 9 heteroatoms. The van der Waals surface area contributed by atoms with Crippen molar-refractivity contribution in [1.29, 1.82) is 0 Å². The van der Waals surface area contributed by atoms with Gasteiger partial charge < -0.3 is 20.4 Å². The molecule has 7 nitrogen and oxygen atoms in total. The lowest BCUT2D eigenvalue weighted by atomic mass is 10.2. The molecule has 0 unspecified atom stereocenters. The van der Waals surface area contributed by atoms with E-state index in [0.29, 0.717) is 12.5 Å². The van der Waals surface area contributed by atoms with Crippen LogP contribution in [0.15, 0.2) is 35.3 Å². The van der Waals surface area contributed by atoms with Crippen LogP contribution in [0.1, 0.15) is 24.2 Å². The number of guanidine groups is 1. The van der Waals surface area contributed by atoms with E-state index < -0.39 is 0 Å². The Bertz CT molecular complexity index is 860. The van der Waals surface area contributed by atoms with Crippen LogP contribution in [-0.2, 0) is 6.54 Å². The number of hydrogen-bond donors (Lipinski definition) is 1. The van der Waals surface area contributed by atoms with Gasteiger partial charge in [0.05, 0.1) is 12.2 Å². The lowest BCUT2D eigenvalue weighted by Gasteiger charge is -2.36. The minimum Gasteiger partial charge on any atom is -0.370 e. The zero-order chi connectivity index (χ0) is 20.2. The molecule has 0 radical (unpaired) electrons. The molecule has 1 aromatic heterocycles. The Labute approximate surface area is 194 Å². The highest BCUT2D eigenvalue weighted by Gasteiger charge is 2.19. The third-order valence-corrected chi connectivity index (χ3v) is 5.48. The lowest BCUT2D eigenvalue weighted by molar-refractivity contribution is 0.380. The predicted molar refractivity (Wildman–Crippen MR) is 129 cm³/mol. The molecule has 2 N–H and O–H groups in total. The first-order valence-corrected chi connectivity index (χ1v) is 10.2. The van der Waals surface area contributed by atoms with Crippen molar-refractivity contribution in [3.05, 3.63) is 47.5 Å². The van der Waals surface area contributed by atoms with E-state index >= 15 is 0 Å². The van der Waals surface area contributed by atoms with Crippen LogP contribution in [0.3, 0.4) is 0 Å². The van der Waals surface area contributed by atoms with Gasteiger partial charge in [-0.15, -0.1) is 24.0 Å². The van der Waals surface area contributed by atoms with E-state index in [1.165, 1.54) is 25.0 Å². The van der Waals surface area contributed by atoms with Crippen molar-refractivity contribution < 1.29 is 4.39 Å². The predicted octanol–water partition coefficient (Wildman–Crippen LogP) is 2.78. The number of piperazine rings is 1. The van der Waals surface area contributed by atoms with Crippen LogP contribution in [0.2, 0.25) is 0 Å². The maximum atomic E-state index is 13.1. The summed E-state index contributed by atoms with van der Waals surface area (Å²) in [7, 11) is 0. The van der Waals surface area contributed by atoms with Crippen molar-refractivity contribution in [1.82, 2.24) is 14.9 Å². The highest BCUT2D eigenvalue weighted by Crippen LogP contribution is 2.18. The summed E-state index contributed by atoms with van der Waals surface area (Å²) in [5.74, 6) is 1.14. The molecule has 162 valence electrons. The zero-order valence-corrected chi connectivity index (χ0v) is 19.6. The van der Waals surface area contributed by atoms with Gasteiger partial charge in [-0.25, -0.2) is 19.4 Å². The fourth-order valence-electron chi connectivity index (χ4n) is 3.86. The average molecular weight is 525 g/mol. The van der Waals surface area contributed by atoms with E-state index in [9.17, 15) is 4.39 Å². The van der Waals surface area contributed by atoms with Crippen LogP contribution in [0.25, 0.3) is 0 Å². The summed E-state index contributed by atoms with van der Waals surface area (Å²) in [6, 6.07) is 8.60. The number of halogens is 2. The molecule has 3 heterocycles. The second-order valence-corrected chi connectivity index (χ2v) is 7.62. The molecule has 0 amide bonds. The van der Waals surface area contributed by atoms with Gasteiger partial charge in [0.2, 0.25) is 5.95 Å². The minimum atomic E-state index is -0.211. The number of aryl methyl sites for hydroxylation is 1. The maximum Gasteiger partial charge on any atom is 0.225 e. The first-order chi connectivity index (χ1) is 14.1. The molecule has 0 spiro atoms.